The van der Waals surface area contributed by atoms with Crippen molar-refractivity contribution >= 4 is 35.8 Å². The van der Waals surface area contributed by atoms with E-state index in [1.165, 1.54) is 32.1 Å². The molecule has 6 nitrogen and oxygen atoms in total. The Balaban J connectivity index is 0.00000280. The van der Waals surface area contributed by atoms with E-state index in [2.05, 4.69) is 34.3 Å². The fourth-order valence-electron chi connectivity index (χ4n) is 4.33. The number of nitrogens with one attached hydrogen (secondary N) is 2. The van der Waals surface area contributed by atoms with Gasteiger partial charge in [0.15, 0.2) is 5.96 Å². The van der Waals surface area contributed by atoms with Gasteiger partial charge in [0.1, 0.15) is 0 Å². The van der Waals surface area contributed by atoms with E-state index < -0.39 is 0 Å². The molecule has 0 radical (unpaired) electrons. The van der Waals surface area contributed by atoms with E-state index in [9.17, 15) is 4.79 Å². The lowest BCUT2D eigenvalue weighted by molar-refractivity contribution is -0.139. The lowest BCUT2D eigenvalue weighted by Gasteiger charge is -2.40. The molecule has 3 aliphatic rings. The van der Waals surface area contributed by atoms with Crippen LogP contribution in [0.2, 0.25) is 0 Å². The van der Waals surface area contributed by atoms with E-state index in [0.717, 1.165) is 71.2 Å². The van der Waals surface area contributed by atoms with Crippen molar-refractivity contribution in [3.05, 3.63) is 0 Å². The zero-order chi connectivity index (χ0) is 19.1. The standard InChI is InChI=1S/C21H39N5O.HI/c1-3-21(9-6-10-21)17-24-20(22-4-2)23-11-12-25-13-15-26(16-14-25)19(27)18-7-5-8-18;/h18H,3-17H2,1-2H3,(H2,22,23,24);1H. The third-order valence-corrected chi connectivity index (χ3v) is 6.94. The topological polar surface area (TPSA) is 60.0 Å². The molecule has 7 heteroatoms. The molecule has 2 saturated carbocycles. The van der Waals surface area contributed by atoms with Crippen LogP contribution in [0.1, 0.15) is 58.8 Å². The van der Waals surface area contributed by atoms with Gasteiger partial charge in [0.05, 0.1) is 0 Å². The number of carbonyl (C=O) groups excluding carboxylic acids is 1. The Morgan fingerprint density at radius 2 is 1.79 bits per heavy atom. The van der Waals surface area contributed by atoms with Crippen molar-refractivity contribution in [2.45, 2.75) is 58.8 Å². The maximum absolute atomic E-state index is 12.3. The minimum absolute atomic E-state index is 0. The molecule has 3 rings (SSSR count). The van der Waals surface area contributed by atoms with Gasteiger partial charge in [-0.05, 0) is 44.4 Å². The minimum Gasteiger partial charge on any atom is -0.357 e. The summed E-state index contributed by atoms with van der Waals surface area (Å²) in [4.78, 5) is 21.7. The van der Waals surface area contributed by atoms with Gasteiger partial charge in [0.25, 0.3) is 0 Å². The maximum atomic E-state index is 12.3. The third-order valence-electron chi connectivity index (χ3n) is 6.94. The predicted octanol–water partition coefficient (Wildman–Crippen LogP) is 2.68. The van der Waals surface area contributed by atoms with Gasteiger partial charge in [-0.1, -0.05) is 19.8 Å². The fourth-order valence-corrected chi connectivity index (χ4v) is 4.33. The average molecular weight is 505 g/mol. The third kappa shape index (κ3) is 6.21. The molecule has 2 aliphatic carbocycles. The van der Waals surface area contributed by atoms with Crippen LogP contribution in [0.5, 0.6) is 0 Å². The Labute approximate surface area is 188 Å². The second kappa shape index (κ2) is 11.6. The highest BCUT2D eigenvalue weighted by Crippen LogP contribution is 2.43. The van der Waals surface area contributed by atoms with Gasteiger partial charge in [0.2, 0.25) is 5.91 Å². The summed E-state index contributed by atoms with van der Waals surface area (Å²) in [5, 5.41) is 6.88. The van der Waals surface area contributed by atoms with Crippen molar-refractivity contribution in [2.75, 3.05) is 52.4 Å². The quantitative estimate of drug-likeness (QED) is 0.303. The summed E-state index contributed by atoms with van der Waals surface area (Å²) in [6, 6.07) is 0. The Bertz CT molecular complexity index is 505. The Morgan fingerprint density at radius 3 is 2.29 bits per heavy atom. The molecular formula is C21H40IN5O. The highest BCUT2D eigenvalue weighted by Gasteiger charge is 2.35. The molecule has 28 heavy (non-hydrogen) atoms. The van der Waals surface area contributed by atoms with Crippen LogP contribution >= 0.6 is 24.0 Å². The van der Waals surface area contributed by atoms with Crippen LogP contribution in [0.15, 0.2) is 4.99 Å². The molecule has 162 valence electrons. The van der Waals surface area contributed by atoms with E-state index in [1.807, 2.05) is 0 Å². The zero-order valence-electron chi connectivity index (χ0n) is 17.8. The first kappa shape index (κ1) is 23.7. The van der Waals surface area contributed by atoms with Crippen molar-refractivity contribution in [3.63, 3.8) is 0 Å². The number of rotatable bonds is 8. The molecule has 0 aromatic rings. The summed E-state index contributed by atoms with van der Waals surface area (Å²) in [6.45, 7) is 11.9. The number of carbonyl (C=O) groups is 1. The van der Waals surface area contributed by atoms with Crippen LogP contribution in [0, 0.1) is 11.3 Å². The zero-order valence-corrected chi connectivity index (χ0v) is 20.2. The number of halogens is 1. The number of hydrogen-bond donors (Lipinski definition) is 2. The van der Waals surface area contributed by atoms with Gasteiger partial charge >= 0.3 is 0 Å². The molecule has 0 atom stereocenters. The summed E-state index contributed by atoms with van der Waals surface area (Å²) < 4.78 is 0. The molecular weight excluding hydrogens is 465 g/mol. The molecule has 0 aromatic heterocycles. The second-order valence-corrected chi connectivity index (χ2v) is 8.62. The van der Waals surface area contributed by atoms with Crippen molar-refractivity contribution < 1.29 is 4.79 Å². The van der Waals surface area contributed by atoms with Crippen LogP contribution in [0.4, 0.5) is 0 Å². The van der Waals surface area contributed by atoms with Crippen LogP contribution < -0.4 is 10.6 Å². The number of guanidine groups is 1. The molecule has 2 N–H and O–H groups in total. The van der Waals surface area contributed by atoms with Crippen LogP contribution in [0.25, 0.3) is 0 Å². The number of nitrogens with zero attached hydrogens (tertiary/aromatic N) is 3. The minimum atomic E-state index is 0. The van der Waals surface area contributed by atoms with Crippen LogP contribution in [0.3, 0.4) is 0 Å². The van der Waals surface area contributed by atoms with E-state index in [0.29, 0.717) is 17.2 Å². The summed E-state index contributed by atoms with van der Waals surface area (Å²) in [5.41, 5.74) is 0.464. The highest BCUT2D eigenvalue weighted by molar-refractivity contribution is 14.0. The predicted molar refractivity (Wildman–Crippen MR) is 126 cm³/mol. The van der Waals surface area contributed by atoms with Crippen molar-refractivity contribution in [1.29, 1.82) is 0 Å². The number of piperazine rings is 1. The Morgan fingerprint density at radius 1 is 1.07 bits per heavy atom. The van der Waals surface area contributed by atoms with Gasteiger partial charge in [0, 0.05) is 58.3 Å². The first-order valence-corrected chi connectivity index (χ1v) is 11.2. The number of amides is 1. The SMILES string of the molecule is CCNC(=NCC1(CC)CCC1)NCCN1CCN(C(=O)C2CCC2)CC1.I. The lowest BCUT2D eigenvalue weighted by atomic mass is 9.67. The molecule has 0 unspecified atom stereocenters. The molecule has 3 fully saturated rings. The van der Waals surface area contributed by atoms with Crippen molar-refractivity contribution in [3.8, 4) is 0 Å². The summed E-state index contributed by atoms with van der Waals surface area (Å²) >= 11 is 0. The fraction of sp³-hybridized carbons (Fsp3) is 0.905. The van der Waals surface area contributed by atoms with E-state index in [1.54, 1.807) is 0 Å². The van der Waals surface area contributed by atoms with Gasteiger partial charge in [-0.2, -0.15) is 0 Å². The average Bonchev–Trinajstić information content (AvgIpc) is 2.60. The largest absolute Gasteiger partial charge is 0.357 e. The van der Waals surface area contributed by atoms with Gasteiger partial charge < -0.3 is 15.5 Å². The Hall–Kier alpha value is -0.570. The monoisotopic (exact) mass is 505 g/mol. The summed E-state index contributed by atoms with van der Waals surface area (Å²) in [7, 11) is 0. The molecule has 0 spiro atoms. The molecule has 1 amide bonds. The van der Waals surface area contributed by atoms with Crippen molar-refractivity contribution in [1.82, 2.24) is 20.4 Å². The second-order valence-electron chi connectivity index (χ2n) is 8.62. The lowest BCUT2D eigenvalue weighted by Crippen LogP contribution is -2.52. The normalized spacial score (nSPS) is 22.6. The summed E-state index contributed by atoms with van der Waals surface area (Å²) in [6.07, 6.45) is 8.70. The first-order chi connectivity index (χ1) is 13.2. The smallest absolute Gasteiger partial charge is 0.225 e. The molecule has 1 aliphatic heterocycles. The first-order valence-electron chi connectivity index (χ1n) is 11.2. The number of hydrogen-bond acceptors (Lipinski definition) is 3. The van der Waals surface area contributed by atoms with E-state index in [4.69, 9.17) is 4.99 Å². The van der Waals surface area contributed by atoms with Gasteiger partial charge in [-0.25, -0.2) is 0 Å². The van der Waals surface area contributed by atoms with Crippen LogP contribution in [-0.4, -0.2) is 74.0 Å². The molecule has 0 bridgehead atoms. The molecule has 1 heterocycles. The summed E-state index contributed by atoms with van der Waals surface area (Å²) in [5.74, 6) is 1.69. The van der Waals surface area contributed by atoms with E-state index in [-0.39, 0.29) is 24.0 Å². The van der Waals surface area contributed by atoms with Crippen LogP contribution in [-0.2, 0) is 4.79 Å². The van der Waals surface area contributed by atoms with Gasteiger partial charge in [-0.15, -0.1) is 24.0 Å². The molecule has 0 aromatic carbocycles. The van der Waals surface area contributed by atoms with Crippen molar-refractivity contribution in [2.24, 2.45) is 16.3 Å². The van der Waals surface area contributed by atoms with Gasteiger partial charge in [-0.3, -0.25) is 14.7 Å². The van der Waals surface area contributed by atoms with E-state index >= 15 is 0 Å². The highest BCUT2D eigenvalue weighted by atomic mass is 127. The Kier molecular flexibility index (Phi) is 9.80. The maximum Gasteiger partial charge on any atom is 0.225 e. The number of aliphatic imine (C=N–C) groups is 1. The molecule has 1 saturated heterocycles.